The van der Waals surface area contributed by atoms with Crippen molar-refractivity contribution in [3.63, 3.8) is 0 Å². The Balaban J connectivity index is 0.000000153. The minimum Gasteiger partial charge on any atom is -0.324 e. The number of rotatable bonds is 16. The first-order valence-electron chi connectivity index (χ1n) is 51.8. The van der Waals surface area contributed by atoms with Crippen LogP contribution in [0, 0.1) is 52.8 Å². The zero-order valence-corrected chi connectivity index (χ0v) is 85.6. The fourth-order valence-electron chi connectivity index (χ4n) is 28.4. The molecule has 686 valence electrons. The van der Waals surface area contributed by atoms with Crippen molar-refractivity contribution in [2.24, 2.45) is 52.8 Å². The van der Waals surface area contributed by atoms with Crippen LogP contribution < -0.4 is 0 Å². The van der Waals surface area contributed by atoms with Crippen LogP contribution in [0.5, 0.6) is 0 Å². The summed E-state index contributed by atoms with van der Waals surface area (Å²) in [6.45, 7) is 115. The largest absolute Gasteiger partial charge is 0.324 e. The van der Waals surface area contributed by atoms with Crippen LogP contribution in [0.2, 0.25) is 0 Å². The van der Waals surface area contributed by atoms with E-state index in [0.717, 1.165) is 168 Å². The summed E-state index contributed by atoms with van der Waals surface area (Å²) in [5, 5.41) is 0. The van der Waals surface area contributed by atoms with Gasteiger partial charge in [0.1, 0.15) is 12.1 Å². The van der Waals surface area contributed by atoms with Crippen LogP contribution in [-0.2, 0) is 0 Å². The van der Waals surface area contributed by atoms with Crippen LogP contribution >= 0.6 is 0 Å². The second-order valence-corrected chi connectivity index (χ2v) is 49.5. The molecule has 0 radical (unpaired) electrons. The molecule has 0 saturated carbocycles. The van der Waals surface area contributed by atoms with E-state index >= 15 is 0 Å². The molecule has 18 rings (SSSR count). The van der Waals surface area contributed by atoms with Crippen molar-refractivity contribution in [1.29, 1.82) is 0 Å². The Bertz CT molecular complexity index is 2880. The maximum atomic E-state index is 2.75. The van der Waals surface area contributed by atoms with Crippen LogP contribution in [0.25, 0.3) is 0 Å². The molecule has 0 amide bonds. The van der Waals surface area contributed by atoms with E-state index in [-0.39, 0.29) is 0 Å². The summed E-state index contributed by atoms with van der Waals surface area (Å²) in [4.78, 5) is 16.2. The molecule has 18 aliphatic heterocycles. The van der Waals surface area contributed by atoms with Gasteiger partial charge in [-0.05, 0) is 231 Å². The van der Waals surface area contributed by atoms with Crippen molar-refractivity contribution in [3.8, 4) is 0 Å². The molecule has 10 bridgehead atoms. The number of hydrogen-bond acceptors (Lipinski definition) is 6. The van der Waals surface area contributed by atoms with Crippen molar-refractivity contribution in [3.05, 3.63) is 0 Å². The Kier molecular flexibility index (Phi) is 35.0. The van der Waals surface area contributed by atoms with Gasteiger partial charge in [0.25, 0.3) is 0 Å². The van der Waals surface area contributed by atoms with Gasteiger partial charge in [0.05, 0.1) is 219 Å². The SMILES string of the molecule is CC(C)C12CC[N+](C(C)C)(CC1)C2.CC(C)C1C[N+]2(C(C)C)CCC1CC2.CC(C)N1CC2CC1C[N+]2(C)C(C)C.CC(C)N1CC2C[N+](C)(C(C)C)CC2C1.CC(C)N1CCC2C[N+](C)(C(C)C)CCC2C1.CC(C)N1CC[N+]2(C(C)C)CCC1C2.CC(C)N1CC[N+]2(C(C)C)CCC1CC2.CC(C)N1CC[N+]2(C(C)C)CCCC2C1. The monoisotopic (exact) mass is 1650 g/mol. The smallest absolute Gasteiger partial charge is 0.104 e. The molecule has 117 heavy (non-hydrogen) atoms. The van der Waals surface area contributed by atoms with Crippen LogP contribution in [0.4, 0.5) is 0 Å². The Labute approximate surface area is 731 Å². The lowest BCUT2D eigenvalue weighted by Crippen LogP contribution is -2.66. The summed E-state index contributed by atoms with van der Waals surface area (Å²) in [7, 11) is 7.37. The third kappa shape index (κ3) is 22.4. The van der Waals surface area contributed by atoms with Gasteiger partial charge < -0.3 is 40.8 Å². The first-order chi connectivity index (χ1) is 54.5. The van der Waals surface area contributed by atoms with Crippen LogP contribution in [0.3, 0.4) is 0 Å². The molecule has 0 aliphatic carbocycles. The maximum absolute atomic E-state index is 2.75. The average Bonchev–Trinajstić information content (AvgIpc) is 1.39. The lowest BCUT2D eigenvalue weighted by Gasteiger charge is -2.56. The molecule has 0 spiro atoms. The third-order valence-electron chi connectivity index (χ3n) is 39.5. The van der Waals surface area contributed by atoms with E-state index in [1.165, 1.54) is 296 Å². The van der Waals surface area contributed by atoms with Gasteiger partial charge in [-0.3, -0.25) is 24.5 Å². The highest BCUT2D eigenvalue weighted by Crippen LogP contribution is 2.52. The van der Waals surface area contributed by atoms with Crippen molar-refractivity contribution in [2.75, 3.05) is 204 Å². The molecule has 18 saturated heterocycles. The number of piperidine rings is 7. The van der Waals surface area contributed by atoms with Crippen LogP contribution in [0.1, 0.15) is 299 Å². The van der Waals surface area contributed by atoms with Crippen molar-refractivity contribution < 1.29 is 35.9 Å². The van der Waals surface area contributed by atoms with Crippen molar-refractivity contribution >= 4 is 0 Å². The van der Waals surface area contributed by atoms with E-state index in [1.807, 2.05) is 0 Å². The zero-order valence-electron chi connectivity index (χ0n) is 85.6. The second kappa shape index (κ2) is 40.8. The zero-order chi connectivity index (χ0) is 86.8. The van der Waals surface area contributed by atoms with Gasteiger partial charge in [-0.1, -0.05) is 27.7 Å². The van der Waals surface area contributed by atoms with Gasteiger partial charge >= 0.3 is 0 Å². The molecule has 0 aromatic rings. The highest BCUT2D eigenvalue weighted by molar-refractivity contribution is 4.97. The molecule has 18 aliphatic rings. The van der Waals surface area contributed by atoms with E-state index in [2.05, 4.69) is 272 Å². The van der Waals surface area contributed by atoms with Crippen molar-refractivity contribution in [2.45, 2.75) is 413 Å². The third-order valence-corrected chi connectivity index (χ3v) is 39.5. The lowest BCUT2D eigenvalue weighted by atomic mass is 9.71. The van der Waals surface area contributed by atoms with E-state index in [1.54, 1.807) is 0 Å². The van der Waals surface area contributed by atoms with Gasteiger partial charge in [0.15, 0.2) is 0 Å². The highest BCUT2D eigenvalue weighted by Gasteiger charge is 2.59. The first-order valence-corrected chi connectivity index (χ1v) is 51.8. The molecule has 18 fully saturated rings. The summed E-state index contributed by atoms with van der Waals surface area (Å²) >= 11 is 0. The second-order valence-electron chi connectivity index (χ2n) is 49.5. The number of likely N-dealkylation sites (tertiary alicyclic amines) is 6. The molecule has 13 atom stereocenters. The number of likely N-dealkylation sites (N-methyl/N-ethyl adjacent to an activating group) is 1. The summed E-state index contributed by atoms with van der Waals surface area (Å²) in [6, 6.07) is 15.5. The number of hydrogen-bond donors (Lipinski definition) is 0. The number of nitrogens with zero attached hydrogens (tertiary/aromatic N) is 14. The molecule has 18 heterocycles. The molecule has 0 N–H and O–H groups in total. The molecular weight excluding hydrogens is 1430 g/mol. The Morgan fingerprint density at radius 1 is 0.282 bits per heavy atom. The van der Waals surface area contributed by atoms with Gasteiger partial charge in [0.2, 0.25) is 0 Å². The number of piperazine rings is 3. The molecule has 13 unspecified atom stereocenters. The molecule has 14 nitrogen and oxygen atoms in total. The quantitative estimate of drug-likeness (QED) is 0.142. The number of fused-ring (bicyclic) bond motifs is 16. The summed E-state index contributed by atoms with van der Waals surface area (Å²) in [5.74, 6) is 7.79. The van der Waals surface area contributed by atoms with Crippen molar-refractivity contribution in [1.82, 2.24) is 29.4 Å². The van der Waals surface area contributed by atoms with Gasteiger partial charge in [-0.2, -0.15) is 0 Å². The molecular formula is C103H212N14+8. The summed E-state index contributed by atoms with van der Waals surface area (Å²) < 4.78 is 11.0. The van der Waals surface area contributed by atoms with Gasteiger partial charge in [0, 0.05) is 181 Å². The minimum atomic E-state index is 0.726. The highest BCUT2D eigenvalue weighted by atomic mass is 15.5. The predicted octanol–water partition coefficient (Wildman–Crippen LogP) is 17.6. The summed E-state index contributed by atoms with van der Waals surface area (Å²) in [5.41, 5.74) is 0.726. The van der Waals surface area contributed by atoms with Gasteiger partial charge in [-0.15, -0.1) is 0 Å². The van der Waals surface area contributed by atoms with E-state index in [4.69, 9.17) is 0 Å². The predicted molar refractivity (Wildman–Crippen MR) is 506 cm³/mol. The Morgan fingerprint density at radius 2 is 0.744 bits per heavy atom. The molecule has 0 aromatic heterocycles. The Hall–Kier alpha value is -0.560. The molecule has 0 aromatic carbocycles. The average molecular weight is 1650 g/mol. The van der Waals surface area contributed by atoms with E-state index in [0.29, 0.717) is 0 Å². The lowest BCUT2D eigenvalue weighted by molar-refractivity contribution is -0.966. The minimum absolute atomic E-state index is 0.726. The fourth-order valence-corrected chi connectivity index (χ4v) is 28.4. The first kappa shape index (κ1) is 100. The summed E-state index contributed by atoms with van der Waals surface area (Å²) in [6.07, 6.45) is 17.5. The maximum Gasteiger partial charge on any atom is 0.104 e. The standard InChI is InChI=1S/C15H31N2.3C13H27N2.C13H26N.2C12H25N2.C12H24N/c1-12(2)16-8-6-15-11-17(5,13(3)4)9-7-14(15)10-16;1-10(2)14-6-12-8-15(5,11(3)4)9-13(12)7-14;1-11(2)14-7-10-15(12(3)4)8-5-13(14)6-9-15;1-11(2)14-7-9-15(12(3)4)8-5-6-13(15)10-14;1-10(2)13-9-14(11(3)4)7-5-12(13)6-8-14;1-9(2)13-7-12-6-11(13)8-14(12,5)10(3)4;1-10(2)13-6-8-14(11(3)4)7-5-12(13)9-14;1-10(2)12-5-7-13(9-12,8-6-12)11(3)4/h12-15H,6-11H2,1-5H3;10-13H,6-9H2,1-5H3;2*11-13H,5-10H2,1-4H3;10-13H,5-9H2,1-4H3;9-12H,6-8H2,1-5H3;10-12H,5-9H2,1-4H3;10-11H,5-9H2,1-4H3/q8*+1. The van der Waals surface area contributed by atoms with Crippen LogP contribution in [-0.4, -0.2) is 384 Å². The van der Waals surface area contributed by atoms with E-state index < -0.39 is 0 Å². The Morgan fingerprint density at radius 3 is 1.19 bits per heavy atom. The van der Waals surface area contributed by atoms with E-state index in [9.17, 15) is 0 Å². The fraction of sp³-hybridized carbons (Fsp3) is 1.00. The van der Waals surface area contributed by atoms with Gasteiger partial charge in [-0.25, -0.2) is 0 Å². The van der Waals surface area contributed by atoms with Crippen LogP contribution in [0.15, 0.2) is 0 Å². The topological polar surface area (TPSA) is 19.4 Å². The number of quaternary nitrogens is 8. The normalized spacial score (nSPS) is 40.5. The molecule has 14 heteroatoms.